The van der Waals surface area contributed by atoms with Crippen LogP contribution in [-0.2, 0) is 17.8 Å². The third-order valence-corrected chi connectivity index (χ3v) is 3.28. The highest BCUT2D eigenvalue weighted by atomic mass is 35.5. The van der Waals surface area contributed by atoms with Crippen molar-refractivity contribution in [3.8, 4) is 0 Å². The second-order valence-electron chi connectivity index (χ2n) is 4.48. The van der Waals surface area contributed by atoms with E-state index in [9.17, 15) is 18.4 Å². The van der Waals surface area contributed by atoms with E-state index in [1.54, 1.807) is 0 Å². The van der Waals surface area contributed by atoms with E-state index in [1.165, 1.54) is 11.6 Å². The van der Waals surface area contributed by atoms with Crippen molar-refractivity contribution < 1.29 is 18.4 Å². The summed E-state index contributed by atoms with van der Waals surface area (Å²) in [7, 11) is 0. The predicted octanol–water partition coefficient (Wildman–Crippen LogP) is 2.81. The molecule has 110 valence electrons. The number of aldehydes is 1. The number of aromatic nitrogens is 2. The number of hydrogen-bond donors (Lipinski definition) is 0. The van der Waals surface area contributed by atoms with E-state index < -0.39 is 11.6 Å². The van der Waals surface area contributed by atoms with Crippen molar-refractivity contribution in [2.75, 3.05) is 0 Å². The van der Waals surface area contributed by atoms with Crippen LogP contribution in [-0.4, -0.2) is 21.8 Å². The summed E-state index contributed by atoms with van der Waals surface area (Å²) in [6.07, 6.45) is 0.562. The van der Waals surface area contributed by atoms with Crippen LogP contribution in [0.5, 0.6) is 0 Å². The van der Waals surface area contributed by atoms with Gasteiger partial charge < -0.3 is 4.79 Å². The standard InChI is InChI=1S/C14H11ClF2N2O2/c1-8(21)13-12(2-3-20)14(15)19(18-13)7-9-4-10(16)6-11(17)5-9/h3-6H,2,7H2,1H3. The van der Waals surface area contributed by atoms with Gasteiger partial charge in [0.05, 0.1) is 6.54 Å². The van der Waals surface area contributed by atoms with Gasteiger partial charge >= 0.3 is 0 Å². The van der Waals surface area contributed by atoms with Crippen molar-refractivity contribution in [1.29, 1.82) is 0 Å². The molecule has 0 atom stereocenters. The summed E-state index contributed by atoms with van der Waals surface area (Å²) in [5.41, 5.74) is 0.713. The molecule has 0 fully saturated rings. The Morgan fingerprint density at radius 2 is 1.95 bits per heavy atom. The third-order valence-electron chi connectivity index (χ3n) is 2.86. The van der Waals surface area contributed by atoms with Crippen LogP contribution in [0.2, 0.25) is 5.15 Å². The van der Waals surface area contributed by atoms with Crippen molar-refractivity contribution in [2.24, 2.45) is 0 Å². The van der Waals surface area contributed by atoms with Crippen LogP contribution in [0.3, 0.4) is 0 Å². The minimum Gasteiger partial charge on any atom is -0.303 e. The van der Waals surface area contributed by atoms with Crippen molar-refractivity contribution in [3.05, 3.63) is 51.8 Å². The number of hydrogen-bond acceptors (Lipinski definition) is 3. The van der Waals surface area contributed by atoms with Crippen molar-refractivity contribution in [3.63, 3.8) is 0 Å². The number of carbonyl (C=O) groups excluding carboxylic acids is 2. The van der Waals surface area contributed by atoms with E-state index in [-0.39, 0.29) is 29.6 Å². The minimum atomic E-state index is -0.715. The van der Waals surface area contributed by atoms with Crippen LogP contribution < -0.4 is 0 Å². The lowest BCUT2D eigenvalue weighted by Crippen LogP contribution is -2.04. The van der Waals surface area contributed by atoms with Gasteiger partial charge in [0.2, 0.25) is 0 Å². The average molecular weight is 313 g/mol. The summed E-state index contributed by atoms with van der Waals surface area (Å²) in [4.78, 5) is 22.1. The van der Waals surface area contributed by atoms with E-state index in [0.29, 0.717) is 17.4 Å². The molecular weight excluding hydrogens is 302 g/mol. The fraction of sp³-hybridized carbons (Fsp3) is 0.214. The molecule has 21 heavy (non-hydrogen) atoms. The largest absolute Gasteiger partial charge is 0.303 e. The first-order valence-electron chi connectivity index (χ1n) is 6.07. The zero-order valence-corrected chi connectivity index (χ0v) is 11.8. The molecule has 1 aromatic heterocycles. The van der Waals surface area contributed by atoms with Crippen LogP contribution >= 0.6 is 11.6 Å². The molecule has 0 aliphatic carbocycles. The Morgan fingerprint density at radius 3 is 2.48 bits per heavy atom. The summed E-state index contributed by atoms with van der Waals surface area (Å²) in [5.74, 6) is -1.76. The highest BCUT2D eigenvalue weighted by molar-refractivity contribution is 6.31. The molecule has 0 unspecified atom stereocenters. The Labute approximate surface area is 124 Å². The number of carbonyl (C=O) groups is 2. The second kappa shape index (κ2) is 6.13. The molecule has 0 N–H and O–H groups in total. The molecule has 0 bridgehead atoms. The molecule has 1 heterocycles. The number of nitrogens with zero attached hydrogens (tertiary/aromatic N) is 2. The molecule has 0 spiro atoms. The maximum Gasteiger partial charge on any atom is 0.180 e. The van der Waals surface area contributed by atoms with Gasteiger partial charge in [-0.25, -0.2) is 13.5 Å². The highest BCUT2D eigenvalue weighted by Gasteiger charge is 2.19. The summed E-state index contributed by atoms with van der Waals surface area (Å²) in [5, 5.41) is 4.12. The first-order chi connectivity index (χ1) is 9.92. The zero-order valence-electron chi connectivity index (χ0n) is 11.1. The lowest BCUT2D eigenvalue weighted by Gasteiger charge is -2.04. The van der Waals surface area contributed by atoms with E-state index in [2.05, 4.69) is 5.10 Å². The third kappa shape index (κ3) is 3.33. The van der Waals surface area contributed by atoms with E-state index in [1.807, 2.05) is 0 Å². The fourth-order valence-electron chi connectivity index (χ4n) is 2.01. The summed E-state index contributed by atoms with van der Waals surface area (Å²) < 4.78 is 27.6. The average Bonchev–Trinajstić information content (AvgIpc) is 2.67. The zero-order chi connectivity index (χ0) is 15.6. The van der Waals surface area contributed by atoms with Gasteiger partial charge in [-0.2, -0.15) is 5.10 Å². The van der Waals surface area contributed by atoms with Crippen molar-refractivity contribution in [2.45, 2.75) is 19.9 Å². The van der Waals surface area contributed by atoms with Crippen LogP contribution in [0.15, 0.2) is 18.2 Å². The maximum absolute atomic E-state index is 13.2. The molecule has 1 aromatic carbocycles. The van der Waals surface area contributed by atoms with Gasteiger partial charge in [0, 0.05) is 25.0 Å². The molecular formula is C14H11ClF2N2O2. The van der Waals surface area contributed by atoms with E-state index in [0.717, 1.165) is 18.2 Å². The molecule has 2 rings (SSSR count). The Morgan fingerprint density at radius 1 is 1.33 bits per heavy atom. The molecule has 0 radical (unpaired) electrons. The number of halogens is 3. The van der Waals surface area contributed by atoms with Gasteiger partial charge in [0.15, 0.2) is 5.78 Å². The van der Waals surface area contributed by atoms with Crippen LogP contribution in [0.4, 0.5) is 8.78 Å². The van der Waals surface area contributed by atoms with E-state index in [4.69, 9.17) is 11.6 Å². The molecule has 2 aromatic rings. The molecule has 0 saturated heterocycles. The van der Waals surface area contributed by atoms with Gasteiger partial charge in [0.1, 0.15) is 28.8 Å². The molecule has 4 nitrogen and oxygen atoms in total. The first-order valence-corrected chi connectivity index (χ1v) is 6.45. The normalized spacial score (nSPS) is 10.7. The van der Waals surface area contributed by atoms with Crippen molar-refractivity contribution >= 4 is 23.7 Å². The Hall–Kier alpha value is -2.08. The second-order valence-corrected chi connectivity index (χ2v) is 4.84. The first kappa shape index (κ1) is 15.3. The maximum atomic E-state index is 13.2. The van der Waals surface area contributed by atoms with Crippen LogP contribution in [0, 0.1) is 11.6 Å². The van der Waals surface area contributed by atoms with Crippen LogP contribution in [0.1, 0.15) is 28.5 Å². The van der Waals surface area contributed by atoms with Gasteiger partial charge in [-0.15, -0.1) is 0 Å². The highest BCUT2D eigenvalue weighted by Crippen LogP contribution is 2.22. The molecule has 0 aliphatic rings. The number of ketones is 1. The monoisotopic (exact) mass is 312 g/mol. The number of benzene rings is 1. The van der Waals surface area contributed by atoms with Crippen molar-refractivity contribution in [1.82, 2.24) is 9.78 Å². The van der Waals surface area contributed by atoms with Gasteiger partial charge in [0.25, 0.3) is 0 Å². The number of rotatable bonds is 5. The molecule has 0 amide bonds. The lowest BCUT2D eigenvalue weighted by atomic mass is 10.1. The smallest absolute Gasteiger partial charge is 0.180 e. The molecule has 0 saturated carbocycles. The summed E-state index contributed by atoms with van der Waals surface area (Å²) >= 11 is 6.08. The minimum absolute atomic E-state index is 0.00729. The topological polar surface area (TPSA) is 52.0 Å². The van der Waals surface area contributed by atoms with Gasteiger partial charge in [-0.1, -0.05) is 11.6 Å². The molecule has 0 aliphatic heterocycles. The summed E-state index contributed by atoms with van der Waals surface area (Å²) in [6, 6.07) is 3.05. The molecule has 7 heteroatoms. The fourth-order valence-corrected chi connectivity index (χ4v) is 2.27. The number of Topliss-reactive ketones (excluding diaryl/α,β-unsaturated/α-hetero) is 1. The van der Waals surface area contributed by atoms with E-state index >= 15 is 0 Å². The lowest BCUT2D eigenvalue weighted by molar-refractivity contribution is -0.107. The van der Waals surface area contributed by atoms with Gasteiger partial charge in [-0.05, 0) is 17.7 Å². The summed E-state index contributed by atoms with van der Waals surface area (Å²) in [6.45, 7) is 1.30. The quantitative estimate of drug-likeness (QED) is 0.630. The Kier molecular flexibility index (Phi) is 4.47. The van der Waals surface area contributed by atoms with Crippen LogP contribution in [0.25, 0.3) is 0 Å². The Bertz CT molecular complexity index is 693. The Balaban J connectivity index is 2.42. The SMILES string of the molecule is CC(=O)c1nn(Cc2cc(F)cc(F)c2)c(Cl)c1CC=O. The van der Waals surface area contributed by atoms with Gasteiger partial charge in [-0.3, -0.25) is 4.79 Å². The predicted molar refractivity (Wildman–Crippen MR) is 72.5 cm³/mol.